The molecular formula is C14H25N3O3. The van der Waals surface area contributed by atoms with Crippen molar-refractivity contribution in [3.63, 3.8) is 0 Å². The molecule has 114 valence electrons. The Labute approximate surface area is 120 Å². The molecule has 0 aromatic rings. The number of nitrogens with zero attached hydrogens (tertiary/aromatic N) is 3. The highest BCUT2D eigenvalue weighted by Gasteiger charge is 2.35. The smallest absolute Gasteiger partial charge is 0.320 e. The van der Waals surface area contributed by atoms with Gasteiger partial charge in [0, 0.05) is 33.2 Å². The Kier molecular flexibility index (Phi) is 4.86. The molecule has 0 saturated carbocycles. The second-order valence-corrected chi connectivity index (χ2v) is 5.98. The highest BCUT2D eigenvalue weighted by Crippen LogP contribution is 2.25. The molecule has 2 heterocycles. The van der Waals surface area contributed by atoms with Gasteiger partial charge in [0.25, 0.3) is 0 Å². The Morgan fingerprint density at radius 3 is 2.25 bits per heavy atom. The summed E-state index contributed by atoms with van der Waals surface area (Å²) in [6, 6.07) is 0.0318. The first-order valence-electron chi connectivity index (χ1n) is 7.45. The molecule has 0 aromatic carbocycles. The standard InChI is InChI=1S/C14H25N3O3/c1-15(2)14(20)16-9-6-11(7-10-16)17-8-4-3-5-12(17)13(18)19/h11-12H,3-10H2,1-2H3,(H,18,19). The van der Waals surface area contributed by atoms with Crippen molar-refractivity contribution in [3.05, 3.63) is 0 Å². The summed E-state index contributed by atoms with van der Waals surface area (Å²) in [5.41, 5.74) is 0. The molecule has 2 aliphatic rings. The maximum Gasteiger partial charge on any atom is 0.320 e. The van der Waals surface area contributed by atoms with Gasteiger partial charge in [-0.15, -0.1) is 0 Å². The summed E-state index contributed by atoms with van der Waals surface area (Å²) in [7, 11) is 3.53. The van der Waals surface area contributed by atoms with Crippen LogP contribution in [-0.2, 0) is 4.79 Å². The molecular weight excluding hydrogens is 258 g/mol. The lowest BCUT2D eigenvalue weighted by Crippen LogP contribution is -2.54. The first-order valence-corrected chi connectivity index (χ1v) is 7.45. The number of amides is 2. The van der Waals surface area contributed by atoms with Gasteiger partial charge >= 0.3 is 12.0 Å². The molecule has 1 N–H and O–H groups in total. The van der Waals surface area contributed by atoms with E-state index in [4.69, 9.17) is 0 Å². The third kappa shape index (κ3) is 3.23. The number of carboxylic acids is 1. The van der Waals surface area contributed by atoms with Crippen LogP contribution in [0.4, 0.5) is 4.79 Å². The zero-order chi connectivity index (χ0) is 14.7. The Balaban J connectivity index is 1.92. The van der Waals surface area contributed by atoms with E-state index < -0.39 is 5.97 Å². The van der Waals surface area contributed by atoms with Crippen molar-refractivity contribution in [2.24, 2.45) is 0 Å². The Morgan fingerprint density at radius 1 is 1.05 bits per heavy atom. The topological polar surface area (TPSA) is 64.1 Å². The Hall–Kier alpha value is -1.30. The number of rotatable bonds is 2. The van der Waals surface area contributed by atoms with Crippen LogP contribution in [0.3, 0.4) is 0 Å². The predicted molar refractivity (Wildman–Crippen MR) is 75.7 cm³/mol. The lowest BCUT2D eigenvalue weighted by molar-refractivity contribution is -0.146. The fourth-order valence-electron chi connectivity index (χ4n) is 3.33. The fourth-order valence-corrected chi connectivity index (χ4v) is 3.33. The van der Waals surface area contributed by atoms with E-state index in [0.29, 0.717) is 6.04 Å². The zero-order valence-electron chi connectivity index (χ0n) is 12.4. The van der Waals surface area contributed by atoms with E-state index in [1.165, 1.54) is 0 Å². The van der Waals surface area contributed by atoms with Gasteiger partial charge in [-0.25, -0.2) is 4.79 Å². The monoisotopic (exact) mass is 283 g/mol. The molecule has 2 saturated heterocycles. The predicted octanol–water partition coefficient (Wildman–Crippen LogP) is 1.07. The molecule has 2 rings (SSSR count). The largest absolute Gasteiger partial charge is 0.480 e. The van der Waals surface area contributed by atoms with Crippen LogP contribution in [0.25, 0.3) is 0 Å². The molecule has 0 radical (unpaired) electrons. The van der Waals surface area contributed by atoms with Crippen molar-refractivity contribution in [3.8, 4) is 0 Å². The first kappa shape index (κ1) is 15.1. The highest BCUT2D eigenvalue weighted by atomic mass is 16.4. The van der Waals surface area contributed by atoms with Gasteiger partial charge in [-0.1, -0.05) is 6.42 Å². The summed E-state index contributed by atoms with van der Waals surface area (Å²) >= 11 is 0. The Morgan fingerprint density at radius 2 is 1.70 bits per heavy atom. The van der Waals surface area contributed by atoms with Crippen LogP contribution in [0.2, 0.25) is 0 Å². The van der Waals surface area contributed by atoms with Crippen molar-refractivity contribution < 1.29 is 14.7 Å². The lowest BCUT2D eigenvalue weighted by atomic mass is 9.95. The molecule has 6 heteroatoms. The third-order valence-electron chi connectivity index (χ3n) is 4.42. The van der Waals surface area contributed by atoms with Gasteiger partial charge in [-0.2, -0.15) is 0 Å². The maximum absolute atomic E-state index is 11.9. The number of hydrogen-bond donors (Lipinski definition) is 1. The van der Waals surface area contributed by atoms with Gasteiger partial charge in [-0.05, 0) is 32.2 Å². The molecule has 0 spiro atoms. The van der Waals surface area contributed by atoms with Crippen molar-refractivity contribution in [2.75, 3.05) is 33.7 Å². The molecule has 2 aliphatic heterocycles. The highest BCUT2D eigenvalue weighted by molar-refractivity contribution is 5.74. The van der Waals surface area contributed by atoms with Crippen LogP contribution < -0.4 is 0 Å². The van der Waals surface area contributed by atoms with Crippen LogP contribution in [0, 0.1) is 0 Å². The van der Waals surface area contributed by atoms with E-state index in [0.717, 1.165) is 51.7 Å². The van der Waals surface area contributed by atoms with Crippen LogP contribution in [0.15, 0.2) is 0 Å². The van der Waals surface area contributed by atoms with Gasteiger partial charge < -0.3 is 14.9 Å². The molecule has 0 bridgehead atoms. The van der Waals surface area contributed by atoms with E-state index in [-0.39, 0.29) is 12.1 Å². The number of carbonyl (C=O) groups excluding carboxylic acids is 1. The Bertz CT molecular complexity index is 365. The molecule has 20 heavy (non-hydrogen) atoms. The van der Waals surface area contributed by atoms with Crippen LogP contribution in [0.1, 0.15) is 32.1 Å². The minimum atomic E-state index is -0.698. The minimum absolute atomic E-state index is 0.0527. The van der Waals surface area contributed by atoms with E-state index >= 15 is 0 Å². The molecule has 1 atom stereocenters. The summed E-state index contributed by atoms with van der Waals surface area (Å²) < 4.78 is 0. The number of piperidine rings is 2. The summed E-state index contributed by atoms with van der Waals surface area (Å²) in [6.45, 7) is 2.33. The molecule has 2 amide bonds. The first-order chi connectivity index (χ1) is 9.50. The zero-order valence-corrected chi connectivity index (χ0v) is 12.4. The van der Waals surface area contributed by atoms with E-state index in [1.54, 1.807) is 19.0 Å². The summed E-state index contributed by atoms with van der Waals surface area (Å²) in [6.07, 6.45) is 4.60. The second kappa shape index (κ2) is 6.43. The quantitative estimate of drug-likeness (QED) is 0.823. The molecule has 0 aromatic heterocycles. The van der Waals surface area contributed by atoms with E-state index in [2.05, 4.69) is 4.90 Å². The average Bonchev–Trinajstić information content (AvgIpc) is 2.46. The second-order valence-electron chi connectivity index (χ2n) is 5.98. The minimum Gasteiger partial charge on any atom is -0.480 e. The molecule has 1 unspecified atom stereocenters. The number of urea groups is 1. The van der Waals surface area contributed by atoms with Crippen molar-refractivity contribution in [1.29, 1.82) is 0 Å². The fraction of sp³-hybridized carbons (Fsp3) is 0.857. The number of likely N-dealkylation sites (tertiary alicyclic amines) is 2. The van der Waals surface area contributed by atoms with E-state index in [9.17, 15) is 14.7 Å². The van der Waals surface area contributed by atoms with E-state index in [1.807, 2.05) is 4.90 Å². The normalized spacial score (nSPS) is 25.5. The van der Waals surface area contributed by atoms with Crippen molar-refractivity contribution >= 4 is 12.0 Å². The van der Waals surface area contributed by atoms with Gasteiger partial charge in [-0.3, -0.25) is 9.69 Å². The number of hydrogen-bond acceptors (Lipinski definition) is 3. The SMILES string of the molecule is CN(C)C(=O)N1CCC(N2CCCCC2C(=O)O)CC1. The molecule has 2 fully saturated rings. The van der Waals surface area contributed by atoms with Crippen LogP contribution >= 0.6 is 0 Å². The number of aliphatic carboxylic acids is 1. The molecule has 0 aliphatic carbocycles. The summed E-state index contributed by atoms with van der Waals surface area (Å²) in [4.78, 5) is 28.9. The average molecular weight is 283 g/mol. The van der Waals surface area contributed by atoms with Crippen molar-refractivity contribution in [2.45, 2.75) is 44.2 Å². The number of carboxylic acid groups (broad SMARTS) is 1. The summed E-state index contributed by atoms with van der Waals surface area (Å²) in [5, 5.41) is 9.34. The van der Waals surface area contributed by atoms with Crippen molar-refractivity contribution in [1.82, 2.24) is 14.7 Å². The number of carbonyl (C=O) groups is 2. The van der Waals surface area contributed by atoms with Gasteiger partial charge in [0.05, 0.1) is 0 Å². The third-order valence-corrected chi connectivity index (χ3v) is 4.42. The summed E-state index contributed by atoms with van der Waals surface area (Å²) in [5.74, 6) is -0.698. The van der Waals surface area contributed by atoms with Gasteiger partial charge in [0.1, 0.15) is 6.04 Å². The maximum atomic E-state index is 11.9. The molecule has 6 nitrogen and oxygen atoms in total. The van der Waals surface area contributed by atoms with Gasteiger partial charge in [0.15, 0.2) is 0 Å². The lowest BCUT2D eigenvalue weighted by Gasteiger charge is -2.43. The van der Waals surface area contributed by atoms with Crippen LogP contribution in [-0.4, -0.2) is 77.6 Å². The van der Waals surface area contributed by atoms with Crippen LogP contribution in [0.5, 0.6) is 0 Å². The van der Waals surface area contributed by atoms with Gasteiger partial charge in [0.2, 0.25) is 0 Å².